The highest BCUT2D eigenvalue weighted by Crippen LogP contribution is 2.34. The highest BCUT2D eigenvalue weighted by atomic mass is 16.2. The Morgan fingerprint density at radius 2 is 2.06 bits per heavy atom. The van der Waals surface area contributed by atoms with Crippen molar-refractivity contribution in [3.63, 3.8) is 0 Å². The predicted molar refractivity (Wildman–Crippen MR) is 64.9 cm³/mol. The summed E-state index contributed by atoms with van der Waals surface area (Å²) in [6, 6.07) is 0.370. The lowest BCUT2D eigenvalue weighted by Crippen LogP contribution is -2.48. The topological polar surface area (TPSA) is 55.1 Å². The molecule has 3 heteroatoms. The minimum Gasteiger partial charge on any atom is -0.352 e. The standard InChI is InChI=1S/C13H24N2O/c1-9(2)10-4-3-5-11(8-10)15-12(16)13(14)6-7-13/h9-11H,3-8,14H2,1-2H3,(H,15,16). The first kappa shape index (κ1) is 11.9. The molecule has 0 aromatic rings. The Balaban J connectivity index is 1.83. The smallest absolute Gasteiger partial charge is 0.240 e. The van der Waals surface area contributed by atoms with E-state index in [1.165, 1.54) is 12.8 Å². The van der Waals surface area contributed by atoms with Crippen molar-refractivity contribution in [3.8, 4) is 0 Å². The summed E-state index contributed by atoms with van der Waals surface area (Å²) < 4.78 is 0. The van der Waals surface area contributed by atoms with E-state index in [1.54, 1.807) is 0 Å². The maximum absolute atomic E-state index is 11.8. The molecule has 2 fully saturated rings. The molecule has 3 nitrogen and oxygen atoms in total. The second kappa shape index (κ2) is 4.36. The molecule has 2 atom stereocenters. The number of carbonyl (C=O) groups excluding carboxylic acids is 1. The molecule has 0 aromatic carbocycles. The van der Waals surface area contributed by atoms with E-state index in [2.05, 4.69) is 19.2 Å². The summed E-state index contributed by atoms with van der Waals surface area (Å²) in [6.45, 7) is 4.56. The first-order valence-electron chi connectivity index (χ1n) is 6.61. The minimum atomic E-state index is -0.509. The summed E-state index contributed by atoms with van der Waals surface area (Å²) in [5, 5.41) is 3.14. The molecule has 0 heterocycles. The predicted octanol–water partition coefficient (Wildman–Crippen LogP) is 1.81. The van der Waals surface area contributed by atoms with Crippen LogP contribution in [-0.4, -0.2) is 17.5 Å². The maximum atomic E-state index is 11.8. The van der Waals surface area contributed by atoms with Gasteiger partial charge in [0.25, 0.3) is 0 Å². The third kappa shape index (κ3) is 2.57. The van der Waals surface area contributed by atoms with E-state index < -0.39 is 5.54 Å². The summed E-state index contributed by atoms with van der Waals surface area (Å²) in [6.07, 6.45) is 6.55. The molecule has 2 aliphatic carbocycles. The highest BCUT2D eigenvalue weighted by Gasteiger charge is 2.46. The van der Waals surface area contributed by atoms with Gasteiger partial charge >= 0.3 is 0 Å². The second-order valence-corrected chi connectivity index (χ2v) is 6.00. The van der Waals surface area contributed by atoms with Gasteiger partial charge in [-0.3, -0.25) is 4.79 Å². The van der Waals surface area contributed by atoms with Crippen LogP contribution in [0.3, 0.4) is 0 Å². The second-order valence-electron chi connectivity index (χ2n) is 6.00. The summed E-state index contributed by atoms with van der Waals surface area (Å²) in [5.41, 5.74) is 5.38. The van der Waals surface area contributed by atoms with Gasteiger partial charge in [0.15, 0.2) is 0 Å². The molecule has 0 aliphatic heterocycles. The fraction of sp³-hybridized carbons (Fsp3) is 0.923. The van der Waals surface area contributed by atoms with Gasteiger partial charge in [0.1, 0.15) is 0 Å². The number of rotatable bonds is 3. The third-order valence-corrected chi connectivity index (χ3v) is 4.23. The van der Waals surface area contributed by atoms with Crippen molar-refractivity contribution < 1.29 is 4.79 Å². The average Bonchev–Trinajstić information content (AvgIpc) is 2.98. The zero-order valence-electron chi connectivity index (χ0n) is 10.5. The van der Waals surface area contributed by atoms with Crippen molar-refractivity contribution in [3.05, 3.63) is 0 Å². The van der Waals surface area contributed by atoms with Crippen molar-refractivity contribution in [1.29, 1.82) is 0 Å². The van der Waals surface area contributed by atoms with E-state index in [4.69, 9.17) is 5.73 Å². The summed E-state index contributed by atoms with van der Waals surface area (Å²) >= 11 is 0. The van der Waals surface area contributed by atoms with Gasteiger partial charge in [-0.05, 0) is 37.5 Å². The van der Waals surface area contributed by atoms with E-state index >= 15 is 0 Å². The van der Waals surface area contributed by atoms with E-state index in [0.717, 1.165) is 37.5 Å². The van der Waals surface area contributed by atoms with Crippen LogP contribution in [0.4, 0.5) is 0 Å². The number of nitrogens with one attached hydrogen (secondary N) is 1. The first-order valence-corrected chi connectivity index (χ1v) is 6.61. The van der Waals surface area contributed by atoms with Crippen molar-refractivity contribution in [1.82, 2.24) is 5.32 Å². The SMILES string of the molecule is CC(C)C1CCCC(NC(=O)C2(N)CC2)C1. The van der Waals surface area contributed by atoms with Gasteiger partial charge in [-0.2, -0.15) is 0 Å². The van der Waals surface area contributed by atoms with Crippen molar-refractivity contribution >= 4 is 5.91 Å². The van der Waals surface area contributed by atoms with Crippen molar-refractivity contribution in [2.75, 3.05) is 0 Å². The number of amides is 1. The molecule has 3 N–H and O–H groups in total. The molecule has 0 bridgehead atoms. The van der Waals surface area contributed by atoms with Crippen LogP contribution in [0.1, 0.15) is 52.4 Å². The van der Waals surface area contributed by atoms with Crippen LogP contribution >= 0.6 is 0 Å². The Hall–Kier alpha value is -0.570. The Labute approximate surface area is 98.2 Å². The molecule has 1 amide bonds. The molecule has 0 saturated heterocycles. The van der Waals surface area contributed by atoms with Crippen molar-refractivity contribution in [2.45, 2.75) is 64.0 Å². The molecule has 2 rings (SSSR count). The Kier molecular flexibility index (Phi) is 3.24. The molecule has 0 spiro atoms. The van der Waals surface area contributed by atoms with Gasteiger partial charge in [-0.15, -0.1) is 0 Å². The lowest BCUT2D eigenvalue weighted by Gasteiger charge is -2.32. The fourth-order valence-corrected chi connectivity index (χ4v) is 2.66. The molecule has 2 unspecified atom stereocenters. The normalized spacial score (nSPS) is 32.5. The van der Waals surface area contributed by atoms with Crippen LogP contribution in [0.15, 0.2) is 0 Å². The van der Waals surface area contributed by atoms with E-state index in [-0.39, 0.29) is 5.91 Å². The number of hydrogen-bond acceptors (Lipinski definition) is 2. The third-order valence-electron chi connectivity index (χ3n) is 4.23. The largest absolute Gasteiger partial charge is 0.352 e. The van der Waals surface area contributed by atoms with Crippen molar-refractivity contribution in [2.24, 2.45) is 17.6 Å². The van der Waals surface area contributed by atoms with Crippen LogP contribution in [0, 0.1) is 11.8 Å². The van der Waals surface area contributed by atoms with Crippen LogP contribution in [-0.2, 0) is 4.79 Å². The van der Waals surface area contributed by atoms with Crippen LogP contribution in [0.2, 0.25) is 0 Å². The lowest BCUT2D eigenvalue weighted by atomic mass is 9.79. The highest BCUT2D eigenvalue weighted by molar-refractivity contribution is 5.89. The fourth-order valence-electron chi connectivity index (χ4n) is 2.66. The molecule has 92 valence electrons. The first-order chi connectivity index (χ1) is 7.51. The molecule has 0 aromatic heterocycles. The maximum Gasteiger partial charge on any atom is 0.240 e. The number of nitrogens with two attached hydrogens (primary N) is 1. The summed E-state index contributed by atoms with van der Waals surface area (Å²) in [4.78, 5) is 11.8. The lowest BCUT2D eigenvalue weighted by molar-refractivity contribution is -0.124. The van der Waals surface area contributed by atoms with Crippen LogP contribution < -0.4 is 11.1 Å². The number of carbonyl (C=O) groups is 1. The quantitative estimate of drug-likeness (QED) is 0.768. The molecule has 2 saturated carbocycles. The van der Waals surface area contributed by atoms with Gasteiger partial charge in [0.2, 0.25) is 5.91 Å². The minimum absolute atomic E-state index is 0.0851. The zero-order valence-corrected chi connectivity index (χ0v) is 10.5. The molecule has 2 aliphatic rings. The van der Waals surface area contributed by atoms with Gasteiger partial charge in [0.05, 0.1) is 5.54 Å². The monoisotopic (exact) mass is 224 g/mol. The van der Waals surface area contributed by atoms with Gasteiger partial charge in [0, 0.05) is 6.04 Å². The van der Waals surface area contributed by atoms with Gasteiger partial charge < -0.3 is 11.1 Å². The van der Waals surface area contributed by atoms with E-state index in [9.17, 15) is 4.79 Å². The Morgan fingerprint density at radius 3 is 2.62 bits per heavy atom. The molecular formula is C13H24N2O. The molecule has 16 heavy (non-hydrogen) atoms. The Morgan fingerprint density at radius 1 is 1.38 bits per heavy atom. The van der Waals surface area contributed by atoms with E-state index in [1.807, 2.05) is 0 Å². The Bertz CT molecular complexity index is 271. The average molecular weight is 224 g/mol. The summed E-state index contributed by atoms with van der Waals surface area (Å²) in [7, 11) is 0. The van der Waals surface area contributed by atoms with Crippen LogP contribution in [0.25, 0.3) is 0 Å². The summed E-state index contributed by atoms with van der Waals surface area (Å²) in [5.74, 6) is 1.58. The number of hydrogen-bond donors (Lipinski definition) is 2. The van der Waals surface area contributed by atoms with Gasteiger partial charge in [-0.25, -0.2) is 0 Å². The van der Waals surface area contributed by atoms with Gasteiger partial charge in [-0.1, -0.05) is 26.7 Å². The van der Waals surface area contributed by atoms with E-state index in [0.29, 0.717) is 6.04 Å². The van der Waals surface area contributed by atoms with Crippen LogP contribution in [0.5, 0.6) is 0 Å². The zero-order chi connectivity index (χ0) is 11.8. The molecule has 0 radical (unpaired) electrons. The molecular weight excluding hydrogens is 200 g/mol.